The third-order valence-corrected chi connectivity index (χ3v) is 5.11. The van der Waals surface area contributed by atoms with Gasteiger partial charge in [-0.1, -0.05) is 19.0 Å². The van der Waals surface area contributed by atoms with Crippen molar-refractivity contribution in [2.24, 2.45) is 5.92 Å². The summed E-state index contributed by atoms with van der Waals surface area (Å²) in [6.07, 6.45) is 1.32. The molecule has 3 rings (SSSR count). The van der Waals surface area contributed by atoms with Gasteiger partial charge in [0.25, 0.3) is 5.91 Å². The molecule has 1 unspecified atom stereocenters. The van der Waals surface area contributed by atoms with Crippen LogP contribution in [0.1, 0.15) is 48.5 Å². The summed E-state index contributed by atoms with van der Waals surface area (Å²) in [5, 5.41) is 3.86. The lowest BCUT2D eigenvalue weighted by Crippen LogP contribution is -2.51. The number of cyclic esters (lactones) is 1. The highest BCUT2D eigenvalue weighted by molar-refractivity contribution is 5.96. The molecule has 0 bridgehead atoms. The smallest absolute Gasteiger partial charge is 0.410 e. The van der Waals surface area contributed by atoms with Crippen LogP contribution >= 0.6 is 0 Å². The molecule has 0 aromatic carbocycles. The molecule has 0 radical (unpaired) electrons. The summed E-state index contributed by atoms with van der Waals surface area (Å²) in [7, 11) is 0. The topological polar surface area (TPSA) is 75.9 Å². The van der Waals surface area contributed by atoms with E-state index in [0.29, 0.717) is 42.6 Å². The second-order valence-electron chi connectivity index (χ2n) is 7.02. The molecule has 1 atom stereocenters. The van der Waals surface area contributed by atoms with Crippen LogP contribution in [0.3, 0.4) is 0 Å². The van der Waals surface area contributed by atoms with E-state index in [1.54, 1.807) is 13.8 Å². The maximum absolute atomic E-state index is 12.7. The van der Waals surface area contributed by atoms with E-state index in [9.17, 15) is 9.59 Å². The lowest BCUT2D eigenvalue weighted by Gasteiger charge is -2.38. The van der Waals surface area contributed by atoms with E-state index >= 15 is 0 Å². The number of hydrogen-bond donors (Lipinski definition) is 0. The highest BCUT2D eigenvalue weighted by atomic mass is 16.6. The first-order chi connectivity index (χ1) is 11.4. The summed E-state index contributed by atoms with van der Waals surface area (Å²) in [6, 6.07) is 0.272. The first-order valence-corrected chi connectivity index (χ1v) is 8.57. The van der Waals surface area contributed by atoms with Gasteiger partial charge >= 0.3 is 6.09 Å². The predicted molar refractivity (Wildman–Crippen MR) is 86.7 cm³/mol. The van der Waals surface area contributed by atoms with Crippen molar-refractivity contribution in [2.75, 3.05) is 19.7 Å². The first-order valence-electron chi connectivity index (χ1n) is 8.57. The van der Waals surface area contributed by atoms with Crippen LogP contribution in [0, 0.1) is 19.8 Å². The van der Waals surface area contributed by atoms with Crippen LogP contribution < -0.4 is 0 Å². The minimum Gasteiger partial charge on any atom is -0.447 e. The van der Waals surface area contributed by atoms with E-state index in [2.05, 4.69) is 19.0 Å². The Bertz CT molecular complexity index is 612. The molecule has 7 heteroatoms. The molecule has 3 heterocycles. The van der Waals surface area contributed by atoms with Gasteiger partial charge in [-0.15, -0.1) is 0 Å². The quantitative estimate of drug-likeness (QED) is 0.847. The number of piperidine rings is 1. The fourth-order valence-electron chi connectivity index (χ4n) is 3.67. The highest BCUT2D eigenvalue weighted by Crippen LogP contribution is 2.28. The summed E-state index contributed by atoms with van der Waals surface area (Å²) < 4.78 is 10.3. The average Bonchev–Trinajstić information content (AvgIpc) is 3.10. The van der Waals surface area contributed by atoms with Crippen LogP contribution in [-0.4, -0.2) is 58.7 Å². The monoisotopic (exact) mass is 335 g/mol. The zero-order chi connectivity index (χ0) is 17.4. The van der Waals surface area contributed by atoms with E-state index in [1.165, 1.54) is 0 Å². The molecule has 2 aliphatic heterocycles. The van der Waals surface area contributed by atoms with Crippen LogP contribution in [-0.2, 0) is 4.74 Å². The minimum atomic E-state index is -0.218. The standard InChI is InChI=1S/C17H25N3O4/c1-10(2)14-9-23-17(22)20(14)13-5-7-19(8-6-13)16(21)15-11(3)18-24-12(15)4/h10,13-14H,5-9H2,1-4H3. The third kappa shape index (κ3) is 2.87. The fraction of sp³-hybridized carbons (Fsp3) is 0.706. The summed E-state index contributed by atoms with van der Waals surface area (Å²) in [5.74, 6) is 0.884. The molecule has 0 saturated carbocycles. The van der Waals surface area contributed by atoms with Gasteiger partial charge in [0.15, 0.2) is 0 Å². The number of carbonyl (C=O) groups excluding carboxylic acids is 2. The zero-order valence-corrected chi connectivity index (χ0v) is 14.7. The molecule has 1 aromatic heterocycles. The minimum absolute atomic E-state index is 0.0332. The Balaban J connectivity index is 1.66. The van der Waals surface area contributed by atoms with Crippen LogP contribution in [0.4, 0.5) is 4.79 Å². The van der Waals surface area contributed by atoms with Crippen molar-refractivity contribution in [3.8, 4) is 0 Å². The largest absolute Gasteiger partial charge is 0.447 e. The van der Waals surface area contributed by atoms with E-state index in [4.69, 9.17) is 9.26 Å². The third-order valence-electron chi connectivity index (χ3n) is 5.11. The van der Waals surface area contributed by atoms with Gasteiger partial charge < -0.3 is 14.2 Å². The highest BCUT2D eigenvalue weighted by Gasteiger charge is 2.41. The molecule has 7 nitrogen and oxygen atoms in total. The molecule has 0 aliphatic carbocycles. The van der Waals surface area contributed by atoms with Crippen LogP contribution in [0.15, 0.2) is 4.52 Å². The molecule has 2 aliphatic rings. The summed E-state index contributed by atoms with van der Waals surface area (Å²) in [5.41, 5.74) is 1.19. The van der Waals surface area contributed by atoms with Crippen molar-refractivity contribution in [1.82, 2.24) is 15.0 Å². The number of amides is 2. The Morgan fingerprint density at radius 1 is 1.25 bits per heavy atom. The van der Waals surface area contributed by atoms with Crippen molar-refractivity contribution in [3.05, 3.63) is 17.0 Å². The lowest BCUT2D eigenvalue weighted by molar-refractivity contribution is 0.0617. The fourth-order valence-corrected chi connectivity index (χ4v) is 3.67. The molecule has 24 heavy (non-hydrogen) atoms. The number of rotatable bonds is 3. The Labute approximate surface area is 141 Å². The Kier molecular flexibility index (Phi) is 4.51. The number of nitrogens with zero attached hydrogens (tertiary/aromatic N) is 3. The van der Waals surface area contributed by atoms with E-state index in [1.807, 2.05) is 9.80 Å². The van der Waals surface area contributed by atoms with E-state index in [0.717, 1.165) is 12.8 Å². The van der Waals surface area contributed by atoms with Gasteiger partial charge in [0.2, 0.25) is 0 Å². The van der Waals surface area contributed by atoms with Gasteiger partial charge in [-0.25, -0.2) is 4.79 Å². The molecular weight excluding hydrogens is 310 g/mol. The lowest BCUT2D eigenvalue weighted by atomic mass is 9.97. The number of carbonyl (C=O) groups is 2. The normalized spacial score (nSPS) is 22.4. The van der Waals surface area contributed by atoms with Gasteiger partial charge in [-0.05, 0) is 32.6 Å². The van der Waals surface area contributed by atoms with E-state index in [-0.39, 0.29) is 24.1 Å². The molecular formula is C17H25N3O4. The van der Waals surface area contributed by atoms with Gasteiger partial charge in [0.1, 0.15) is 17.9 Å². The van der Waals surface area contributed by atoms with Gasteiger partial charge in [0.05, 0.1) is 11.7 Å². The van der Waals surface area contributed by atoms with Gasteiger partial charge in [0, 0.05) is 19.1 Å². The molecule has 0 N–H and O–H groups in total. The van der Waals surface area contributed by atoms with Crippen molar-refractivity contribution >= 4 is 12.0 Å². The average molecular weight is 335 g/mol. The first kappa shape index (κ1) is 16.8. The zero-order valence-electron chi connectivity index (χ0n) is 14.7. The number of likely N-dealkylation sites (tertiary alicyclic amines) is 1. The Morgan fingerprint density at radius 3 is 2.46 bits per heavy atom. The Morgan fingerprint density at radius 2 is 1.92 bits per heavy atom. The maximum Gasteiger partial charge on any atom is 0.410 e. The molecule has 132 valence electrons. The molecule has 0 spiro atoms. The second kappa shape index (κ2) is 6.45. The number of aromatic nitrogens is 1. The number of hydrogen-bond acceptors (Lipinski definition) is 5. The van der Waals surface area contributed by atoms with Crippen molar-refractivity contribution in [1.29, 1.82) is 0 Å². The molecule has 2 amide bonds. The van der Waals surface area contributed by atoms with Crippen LogP contribution in [0.5, 0.6) is 0 Å². The SMILES string of the molecule is Cc1noc(C)c1C(=O)N1CCC(N2C(=O)OCC2C(C)C)CC1. The van der Waals surface area contributed by atoms with Gasteiger partial charge in [-0.3, -0.25) is 9.69 Å². The predicted octanol–water partition coefficient (Wildman–Crippen LogP) is 2.37. The van der Waals surface area contributed by atoms with Gasteiger partial charge in [-0.2, -0.15) is 0 Å². The molecule has 2 saturated heterocycles. The van der Waals surface area contributed by atoms with Crippen molar-refractivity contribution < 1.29 is 18.8 Å². The summed E-state index contributed by atoms with van der Waals surface area (Å²) in [6.45, 7) is 9.47. The Hall–Kier alpha value is -2.05. The van der Waals surface area contributed by atoms with Crippen LogP contribution in [0.25, 0.3) is 0 Å². The maximum atomic E-state index is 12.7. The summed E-state index contributed by atoms with van der Waals surface area (Å²) in [4.78, 5) is 28.5. The van der Waals surface area contributed by atoms with E-state index < -0.39 is 0 Å². The number of ether oxygens (including phenoxy) is 1. The number of aryl methyl sites for hydroxylation is 2. The molecule has 1 aromatic rings. The van der Waals surface area contributed by atoms with Crippen molar-refractivity contribution in [2.45, 2.75) is 52.6 Å². The second-order valence-corrected chi connectivity index (χ2v) is 7.02. The van der Waals surface area contributed by atoms with Crippen LogP contribution in [0.2, 0.25) is 0 Å². The van der Waals surface area contributed by atoms with Crippen molar-refractivity contribution in [3.63, 3.8) is 0 Å². The summed E-state index contributed by atoms with van der Waals surface area (Å²) >= 11 is 0. The molecule has 2 fully saturated rings.